The number of hydrogen-bond acceptors (Lipinski definition) is 11. The van der Waals surface area contributed by atoms with E-state index in [1.165, 1.54) is 30.7 Å². The van der Waals surface area contributed by atoms with Gasteiger partial charge < -0.3 is 40.0 Å². The second kappa shape index (κ2) is 20.1. The summed E-state index contributed by atoms with van der Waals surface area (Å²) < 4.78 is 30.0. The Hall–Kier alpha value is -5.06. The van der Waals surface area contributed by atoms with Crippen molar-refractivity contribution in [2.45, 2.75) is 32.7 Å². The molecular formula is C30H34BClFN7O7. The summed E-state index contributed by atoms with van der Waals surface area (Å²) in [7, 11) is 4.57. The number of cyclic esters (lactones) is 1. The van der Waals surface area contributed by atoms with Crippen molar-refractivity contribution in [2.75, 3.05) is 24.5 Å². The van der Waals surface area contributed by atoms with Crippen LogP contribution >= 0.6 is 12.4 Å². The molecule has 1 saturated heterocycles. The van der Waals surface area contributed by atoms with Crippen LogP contribution in [0.5, 0.6) is 0 Å². The van der Waals surface area contributed by atoms with E-state index >= 15 is 0 Å². The van der Waals surface area contributed by atoms with E-state index in [0.29, 0.717) is 37.2 Å². The number of aromatic nitrogens is 2. The van der Waals surface area contributed by atoms with Crippen molar-refractivity contribution >= 4 is 50.0 Å². The van der Waals surface area contributed by atoms with Gasteiger partial charge in [0.05, 0.1) is 50.8 Å². The normalized spacial score (nSPS) is 13.1. The Morgan fingerprint density at radius 3 is 2.26 bits per heavy atom. The van der Waals surface area contributed by atoms with Crippen LogP contribution in [0.3, 0.4) is 0 Å². The van der Waals surface area contributed by atoms with E-state index in [2.05, 4.69) is 33.8 Å². The van der Waals surface area contributed by atoms with Crippen molar-refractivity contribution < 1.29 is 37.1 Å². The smallest absolute Gasteiger partial charge is 0.414 e. The summed E-state index contributed by atoms with van der Waals surface area (Å²) in [5, 5.41) is 7.94. The van der Waals surface area contributed by atoms with Gasteiger partial charge in [0.15, 0.2) is 18.6 Å². The van der Waals surface area contributed by atoms with Crippen LogP contribution in [-0.2, 0) is 34.0 Å². The summed E-state index contributed by atoms with van der Waals surface area (Å²) in [5.41, 5.74) is 7.80. The molecule has 1 unspecified atom stereocenters. The van der Waals surface area contributed by atoms with E-state index in [1.54, 1.807) is 24.5 Å². The van der Waals surface area contributed by atoms with Crippen LogP contribution in [0.4, 0.5) is 19.7 Å². The highest BCUT2D eigenvalue weighted by Crippen LogP contribution is 2.29. The maximum Gasteiger partial charge on any atom is 0.414 e. The lowest BCUT2D eigenvalue weighted by molar-refractivity contribution is -0.119. The Bertz CT molecular complexity index is 1540. The first-order valence-corrected chi connectivity index (χ1v) is 13.9. The van der Waals surface area contributed by atoms with Gasteiger partial charge >= 0.3 is 6.09 Å². The summed E-state index contributed by atoms with van der Waals surface area (Å²) in [4.78, 5) is 51.2. The van der Waals surface area contributed by atoms with E-state index in [-0.39, 0.29) is 37.9 Å². The highest BCUT2D eigenvalue weighted by Gasteiger charge is 2.32. The third-order valence-electron chi connectivity index (χ3n) is 6.14. The van der Waals surface area contributed by atoms with E-state index in [9.17, 15) is 23.6 Å². The number of carbonyl (C=O) groups excluding carboxylic acids is 4. The van der Waals surface area contributed by atoms with Crippen LogP contribution in [-0.4, -0.2) is 67.6 Å². The van der Waals surface area contributed by atoms with Crippen molar-refractivity contribution in [3.05, 3.63) is 90.5 Å². The lowest BCUT2D eigenvalue weighted by Gasteiger charge is -2.15. The first-order valence-electron chi connectivity index (χ1n) is 13.9. The van der Waals surface area contributed by atoms with Gasteiger partial charge in [-0.05, 0) is 29.3 Å². The molecule has 0 bridgehead atoms. The number of nitrogens with zero attached hydrogens (tertiary/aromatic N) is 3. The van der Waals surface area contributed by atoms with Crippen molar-refractivity contribution in [3.63, 3.8) is 0 Å². The van der Waals surface area contributed by atoms with Crippen LogP contribution in [0.1, 0.15) is 24.0 Å². The molecule has 1 fully saturated rings. The van der Waals surface area contributed by atoms with Gasteiger partial charge in [-0.2, -0.15) is 0 Å². The molecule has 0 aliphatic carbocycles. The highest BCUT2D eigenvalue weighted by molar-refractivity contribution is 6.57. The van der Waals surface area contributed by atoms with Gasteiger partial charge in [0.25, 0.3) is 0 Å². The molecule has 5 N–H and O–H groups in total. The fourth-order valence-corrected chi connectivity index (χ4v) is 3.95. The van der Waals surface area contributed by atoms with Crippen molar-refractivity contribution in [1.29, 1.82) is 0 Å². The third kappa shape index (κ3) is 13.1. The van der Waals surface area contributed by atoms with Crippen LogP contribution in [0.25, 0.3) is 11.1 Å². The van der Waals surface area contributed by atoms with Gasteiger partial charge in [-0.1, -0.05) is 24.3 Å². The standard InChI is InChI=1S/C23H23FN4O4.C4H6N2O.C3H4BNO2.ClH/c1-15(29)27-12-20-13-28(23(30)32-20)18-6-7-21(22(24)8-18)17-4-2-16(3-5-17)9-25-10-19-11-26-14-31-19;5-1-4-2-6-3-7-4;4-3(7)5-1-2-6;/h2-8,11,14,20,25H,9-10,12-13H2,1H3,(H,27,29);2-3H,1,5H2;2H,1H2,(H,5,7);1H. The second-order valence-corrected chi connectivity index (χ2v) is 9.57. The van der Waals surface area contributed by atoms with Crippen LogP contribution < -0.4 is 26.6 Å². The Balaban J connectivity index is 0.000000425. The number of ether oxygens (including phenoxy) is 1. The van der Waals surface area contributed by atoms with E-state index < -0.39 is 23.8 Å². The maximum atomic E-state index is 14.9. The number of oxazole rings is 2. The minimum atomic E-state index is -0.674. The molecule has 2 aromatic heterocycles. The number of halogens is 2. The van der Waals surface area contributed by atoms with Crippen LogP contribution in [0.15, 0.2) is 76.5 Å². The zero-order chi connectivity index (χ0) is 33.3. The molecule has 248 valence electrons. The minimum absolute atomic E-state index is 0. The molecule has 1 aliphatic rings. The molecule has 0 spiro atoms. The fraction of sp³-hybridized carbons (Fsp3) is 0.267. The Morgan fingerprint density at radius 1 is 1.06 bits per heavy atom. The fourth-order valence-electron chi connectivity index (χ4n) is 3.95. The van der Waals surface area contributed by atoms with Crippen LogP contribution in [0, 0.1) is 5.82 Å². The molecule has 3 heterocycles. The SMILES string of the molecule is CC(=O)NCC1CN(c2ccc(-c3ccc(CNCc4cnco4)cc3)c(F)c2)C(=O)O1.Cl.NCc1cnco1.[B]C(=O)NCC=O. The summed E-state index contributed by atoms with van der Waals surface area (Å²) in [6, 6.07) is 12.2. The Morgan fingerprint density at radius 2 is 1.74 bits per heavy atom. The molecule has 3 amide bonds. The molecule has 1 aliphatic heterocycles. The van der Waals surface area contributed by atoms with Gasteiger partial charge in [-0.3, -0.25) is 14.5 Å². The lowest BCUT2D eigenvalue weighted by Crippen LogP contribution is -2.33. The summed E-state index contributed by atoms with van der Waals surface area (Å²) in [5.74, 6) is 0.169. The zero-order valence-corrected chi connectivity index (χ0v) is 26.2. The summed E-state index contributed by atoms with van der Waals surface area (Å²) >= 11 is 0. The van der Waals surface area contributed by atoms with Gasteiger partial charge in [-0.25, -0.2) is 19.2 Å². The third-order valence-corrected chi connectivity index (χ3v) is 6.14. The minimum Gasteiger partial charge on any atom is -0.447 e. The second-order valence-electron chi connectivity index (χ2n) is 9.57. The number of carbonyl (C=O) groups is 4. The molecule has 47 heavy (non-hydrogen) atoms. The topological polar surface area (TPSA) is 195 Å². The maximum absolute atomic E-state index is 14.9. The van der Waals surface area contributed by atoms with Gasteiger partial charge in [0.2, 0.25) is 13.8 Å². The molecule has 4 aromatic rings. The molecule has 0 saturated carbocycles. The van der Waals surface area contributed by atoms with E-state index in [1.807, 2.05) is 24.3 Å². The van der Waals surface area contributed by atoms with Crippen molar-refractivity contribution in [1.82, 2.24) is 25.9 Å². The first-order chi connectivity index (χ1) is 22.2. The lowest BCUT2D eigenvalue weighted by atomic mass is 10.0. The number of amides is 3. The number of nitrogens with two attached hydrogens (primary N) is 1. The molecule has 5 rings (SSSR count). The van der Waals surface area contributed by atoms with Crippen molar-refractivity contribution in [2.24, 2.45) is 5.73 Å². The van der Waals surface area contributed by atoms with Crippen LogP contribution in [0.2, 0.25) is 0 Å². The highest BCUT2D eigenvalue weighted by atomic mass is 35.5. The number of rotatable bonds is 11. The zero-order valence-electron chi connectivity index (χ0n) is 25.4. The number of nitrogens with one attached hydrogen (secondary N) is 3. The molecule has 2 aromatic carbocycles. The first kappa shape index (κ1) is 38.1. The predicted octanol–water partition coefficient (Wildman–Crippen LogP) is 2.85. The largest absolute Gasteiger partial charge is 0.447 e. The number of aldehydes is 1. The number of anilines is 1. The molecule has 2 radical (unpaired) electrons. The molecule has 1 atom stereocenters. The molecule has 14 nitrogen and oxygen atoms in total. The van der Waals surface area contributed by atoms with E-state index in [0.717, 1.165) is 22.6 Å². The predicted molar refractivity (Wildman–Crippen MR) is 172 cm³/mol. The monoisotopic (exact) mass is 669 g/mol. The Labute approximate surface area is 277 Å². The summed E-state index contributed by atoms with van der Waals surface area (Å²) in [6.45, 7) is 3.49. The summed E-state index contributed by atoms with van der Waals surface area (Å²) in [6.07, 6.45) is 5.54. The molecular weight excluding hydrogens is 636 g/mol. The number of hydrogen-bond donors (Lipinski definition) is 4. The van der Waals surface area contributed by atoms with Crippen molar-refractivity contribution in [3.8, 4) is 11.1 Å². The Kier molecular flexibility index (Phi) is 16.3. The average molecular weight is 670 g/mol. The molecule has 17 heteroatoms. The van der Waals surface area contributed by atoms with Gasteiger partial charge in [0, 0.05) is 19.0 Å². The quantitative estimate of drug-likeness (QED) is 0.135. The average Bonchev–Trinajstić information content (AvgIpc) is 3.83. The van der Waals surface area contributed by atoms with Gasteiger partial charge in [-0.15, -0.1) is 12.4 Å². The van der Waals surface area contributed by atoms with Gasteiger partial charge in [0.1, 0.15) is 29.7 Å². The van der Waals surface area contributed by atoms with E-state index in [4.69, 9.17) is 19.3 Å². The number of benzene rings is 2.